The molecule has 1 atom stereocenters. The number of hydrogen-bond donors (Lipinski definition) is 0. The van der Waals surface area contributed by atoms with Gasteiger partial charge in [0.1, 0.15) is 12.3 Å². The standard InChI is InChI=1S/C33H42N4O5S/c1-4-35(19-5-6-20-36-21-8-22-37(25-32(36)38)33(39)28-9-7-18-34-24-28)26(2)23-27-10-14-30(15-11-27)43(40,41)31-16-12-29(42-3)13-17-31/h7,9-18,24,26H,4-6,8,19-23,25H2,1-3H3. The molecule has 3 aromatic rings. The summed E-state index contributed by atoms with van der Waals surface area (Å²) in [5.74, 6) is 0.457. The van der Waals surface area contributed by atoms with Gasteiger partial charge in [-0.3, -0.25) is 14.6 Å². The Bertz CT molecular complexity index is 1450. The molecule has 0 N–H and O–H groups in total. The van der Waals surface area contributed by atoms with Gasteiger partial charge in [-0.1, -0.05) is 19.1 Å². The van der Waals surface area contributed by atoms with Crippen LogP contribution in [0.15, 0.2) is 82.8 Å². The van der Waals surface area contributed by atoms with Crippen molar-refractivity contribution in [1.29, 1.82) is 0 Å². The number of ether oxygens (including phenoxy) is 1. The summed E-state index contributed by atoms with van der Waals surface area (Å²) >= 11 is 0. The van der Waals surface area contributed by atoms with Gasteiger partial charge < -0.3 is 19.4 Å². The molecule has 0 radical (unpaired) electrons. The maximum Gasteiger partial charge on any atom is 0.255 e. The zero-order valence-electron chi connectivity index (χ0n) is 25.3. The fourth-order valence-electron chi connectivity index (χ4n) is 5.47. The minimum atomic E-state index is -3.60. The maximum absolute atomic E-state index is 13.0. The van der Waals surface area contributed by atoms with Gasteiger partial charge in [0, 0.05) is 38.1 Å². The summed E-state index contributed by atoms with van der Waals surface area (Å²) < 4.78 is 31.2. The van der Waals surface area contributed by atoms with Crippen molar-refractivity contribution < 1.29 is 22.7 Å². The first-order chi connectivity index (χ1) is 20.7. The third-order valence-corrected chi connectivity index (χ3v) is 9.80. The monoisotopic (exact) mass is 606 g/mol. The lowest BCUT2D eigenvalue weighted by atomic mass is 10.1. The Morgan fingerprint density at radius 3 is 2.35 bits per heavy atom. The van der Waals surface area contributed by atoms with E-state index in [1.54, 1.807) is 72.9 Å². The Hall–Kier alpha value is -3.76. The number of benzene rings is 2. The van der Waals surface area contributed by atoms with Crippen LogP contribution in [-0.4, -0.2) is 92.3 Å². The van der Waals surface area contributed by atoms with Gasteiger partial charge in [-0.25, -0.2) is 8.42 Å². The number of amides is 2. The normalized spacial score (nSPS) is 14.9. The summed E-state index contributed by atoms with van der Waals surface area (Å²) in [5.41, 5.74) is 1.59. The molecule has 230 valence electrons. The summed E-state index contributed by atoms with van der Waals surface area (Å²) in [7, 11) is -2.05. The highest BCUT2D eigenvalue weighted by atomic mass is 32.2. The maximum atomic E-state index is 13.0. The number of carbonyl (C=O) groups excluding carboxylic acids is 2. The fraction of sp³-hybridized carbons (Fsp3) is 0.424. The molecule has 9 nitrogen and oxygen atoms in total. The molecule has 1 aliphatic rings. The quantitative estimate of drug-likeness (QED) is 0.267. The smallest absolute Gasteiger partial charge is 0.255 e. The first kappa shape index (κ1) is 32.2. The van der Waals surface area contributed by atoms with Crippen LogP contribution in [0.3, 0.4) is 0 Å². The molecular formula is C33H42N4O5S. The summed E-state index contributed by atoms with van der Waals surface area (Å²) in [6.45, 7) is 8.16. The van der Waals surface area contributed by atoms with E-state index in [4.69, 9.17) is 4.74 Å². The van der Waals surface area contributed by atoms with Crippen LogP contribution in [0.5, 0.6) is 5.75 Å². The summed E-state index contributed by atoms with van der Waals surface area (Å²) in [4.78, 5) is 36.2. The molecule has 0 saturated carbocycles. The molecule has 0 spiro atoms. The number of nitrogens with zero attached hydrogens (tertiary/aromatic N) is 4. The zero-order valence-corrected chi connectivity index (χ0v) is 26.1. The van der Waals surface area contributed by atoms with Gasteiger partial charge in [0.2, 0.25) is 15.7 Å². The topological polar surface area (TPSA) is 100 Å². The molecule has 2 heterocycles. The number of aromatic nitrogens is 1. The Morgan fingerprint density at radius 2 is 1.72 bits per heavy atom. The van der Waals surface area contributed by atoms with Crippen molar-refractivity contribution in [3.63, 3.8) is 0 Å². The number of hydrogen-bond acceptors (Lipinski definition) is 7. The molecule has 1 aromatic heterocycles. The molecule has 2 amide bonds. The van der Waals surface area contributed by atoms with E-state index < -0.39 is 9.84 Å². The van der Waals surface area contributed by atoms with Crippen LogP contribution in [0.2, 0.25) is 0 Å². The fourth-order valence-corrected chi connectivity index (χ4v) is 6.74. The molecule has 10 heteroatoms. The molecule has 4 rings (SSSR count). The minimum Gasteiger partial charge on any atom is -0.497 e. The number of sulfone groups is 1. The van der Waals surface area contributed by atoms with E-state index in [1.807, 2.05) is 17.0 Å². The summed E-state index contributed by atoms with van der Waals surface area (Å²) in [6.07, 6.45) is 6.59. The van der Waals surface area contributed by atoms with Crippen LogP contribution in [0, 0.1) is 0 Å². The van der Waals surface area contributed by atoms with E-state index in [9.17, 15) is 18.0 Å². The van der Waals surface area contributed by atoms with Crippen molar-refractivity contribution in [2.45, 2.75) is 55.4 Å². The Balaban J connectivity index is 1.23. The van der Waals surface area contributed by atoms with Gasteiger partial charge in [-0.2, -0.15) is 0 Å². The highest BCUT2D eigenvalue weighted by molar-refractivity contribution is 7.91. The molecule has 1 saturated heterocycles. The molecule has 1 fully saturated rings. The van der Waals surface area contributed by atoms with Crippen LogP contribution >= 0.6 is 0 Å². The van der Waals surface area contributed by atoms with Crippen molar-refractivity contribution in [3.05, 3.63) is 84.2 Å². The highest BCUT2D eigenvalue weighted by Gasteiger charge is 2.25. The van der Waals surface area contributed by atoms with Crippen molar-refractivity contribution >= 4 is 21.7 Å². The lowest BCUT2D eigenvalue weighted by Gasteiger charge is -2.28. The van der Waals surface area contributed by atoms with Gasteiger partial charge >= 0.3 is 0 Å². The highest BCUT2D eigenvalue weighted by Crippen LogP contribution is 2.24. The molecular weight excluding hydrogens is 564 g/mol. The van der Waals surface area contributed by atoms with Gasteiger partial charge in [-0.05, 0) is 99.8 Å². The molecule has 1 unspecified atom stereocenters. The second kappa shape index (κ2) is 15.1. The van der Waals surface area contributed by atoms with E-state index in [0.29, 0.717) is 30.9 Å². The lowest BCUT2D eigenvalue weighted by Crippen LogP contribution is -2.40. The molecule has 43 heavy (non-hydrogen) atoms. The van der Waals surface area contributed by atoms with E-state index in [1.165, 1.54) is 0 Å². The minimum absolute atomic E-state index is 0.00657. The third kappa shape index (κ3) is 8.42. The predicted molar refractivity (Wildman–Crippen MR) is 166 cm³/mol. The average Bonchev–Trinajstić information content (AvgIpc) is 3.22. The molecule has 0 aliphatic carbocycles. The van der Waals surface area contributed by atoms with Gasteiger partial charge in [0.05, 0.1) is 22.5 Å². The number of pyridine rings is 1. The predicted octanol–water partition coefficient (Wildman–Crippen LogP) is 4.33. The van der Waals surface area contributed by atoms with Crippen LogP contribution in [0.1, 0.15) is 49.0 Å². The first-order valence-corrected chi connectivity index (χ1v) is 16.4. The zero-order chi connectivity index (χ0) is 30.8. The van der Waals surface area contributed by atoms with E-state index >= 15 is 0 Å². The molecule has 1 aliphatic heterocycles. The van der Waals surface area contributed by atoms with Gasteiger partial charge in [0.25, 0.3) is 5.91 Å². The summed E-state index contributed by atoms with van der Waals surface area (Å²) in [6, 6.07) is 17.3. The Labute approximate surface area is 255 Å². The van der Waals surface area contributed by atoms with Crippen LogP contribution < -0.4 is 4.74 Å². The SMILES string of the molecule is CCN(CCCCN1CCCN(C(=O)c2cccnc2)CC1=O)C(C)Cc1ccc(S(=O)(=O)c2ccc(OC)cc2)cc1. The van der Waals surface area contributed by atoms with Crippen LogP contribution in [0.4, 0.5) is 0 Å². The number of methoxy groups -OCH3 is 1. The van der Waals surface area contributed by atoms with Crippen molar-refractivity contribution in [3.8, 4) is 5.75 Å². The van der Waals surface area contributed by atoms with Crippen LogP contribution in [-0.2, 0) is 21.1 Å². The number of carbonyl (C=O) groups is 2. The lowest BCUT2D eigenvalue weighted by molar-refractivity contribution is -0.130. The van der Waals surface area contributed by atoms with Crippen LogP contribution in [0.25, 0.3) is 0 Å². The van der Waals surface area contributed by atoms with Crippen molar-refractivity contribution in [1.82, 2.24) is 19.7 Å². The molecule has 0 bridgehead atoms. The second-order valence-electron chi connectivity index (χ2n) is 10.9. The number of rotatable bonds is 13. The largest absolute Gasteiger partial charge is 0.497 e. The number of likely N-dealkylation sites (N-methyl/N-ethyl adjacent to an activating group) is 1. The van der Waals surface area contributed by atoms with E-state index in [-0.39, 0.29) is 34.2 Å². The van der Waals surface area contributed by atoms with E-state index in [0.717, 1.165) is 44.3 Å². The van der Waals surface area contributed by atoms with E-state index in [2.05, 4.69) is 23.7 Å². The van der Waals surface area contributed by atoms with Gasteiger partial charge in [-0.15, -0.1) is 0 Å². The molecule has 2 aromatic carbocycles. The Kier molecular flexibility index (Phi) is 11.3. The third-order valence-electron chi connectivity index (χ3n) is 8.02. The second-order valence-corrected chi connectivity index (χ2v) is 12.9. The van der Waals surface area contributed by atoms with Gasteiger partial charge in [0.15, 0.2) is 0 Å². The number of unbranched alkanes of at least 4 members (excludes halogenated alkanes) is 1. The average molecular weight is 607 g/mol. The van der Waals surface area contributed by atoms with Crippen molar-refractivity contribution in [2.75, 3.05) is 46.4 Å². The first-order valence-electron chi connectivity index (χ1n) is 14.9. The Morgan fingerprint density at radius 1 is 1.02 bits per heavy atom. The van der Waals surface area contributed by atoms with Crippen molar-refractivity contribution in [2.24, 2.45) is 0 Å². The summed E-state index contributed by atoms with van der Waals surface area (Å²) in [5, 5.41) is 0.